The molecule has 0 radical (unpaired) electrons. The molecular formula is C20H22F4N6O2. The molecule has 0 saturated carbocycles. The van der Waals surface area contributed by atoms with Gasteiger partial charge in [-0.05, 0) is 31.2 Å². The summed E-state index contributed by atoms with van der Waals surface area (Å²) in [6, 6.07) is 6.97. The highest BCUT2D eigenvalue weighted by Gasteiger charge is 2.29. The second-order valence-corrected chi connectivity index (χ2v) is 7.07. The van der Waals surface area contributed by atoms with Crippen molar-refractivity contribution in [3.05, 3.63) is 53.9 Å². The van der Waals surface area contributed by atoms with E-state index in [1.807, 2.05) is 4.90 Å². The maximum atomic E-state index is 13.0. The molecule has 0 bridgehead atoms. The summed E-state index contributed by atoms with van der Waals surface area (Å²) in [6.45, 7) is 1.69. The summed E-state index contributed by atoms with van der Waals surface area (Å²) in [6.07, 6.45) is -3.34. The fourth-order valence-electron chi connectivity index (χ4n) is 3.02. The largest absolute Gasteiger partial charge is 0.468 e. The van der Waals surface area contributed by atoms with Gasteiger partial charge in [0.2, 0.25) is 5.88 Å². The molecule has 1 aliphatic rings. The Kier molecular flexibility index (Phi) is 7.01. The molecule has 2 heterocycles. The summed E-state index contributed by atoms with van der Waals surface area (Å²) in [4.78, 5) is 23.9. The Morgan fingerprint density at radius 2 is 1.81 bits per heavy atom. The van der Waals surface area contributed by atoms with E-state index in [0.29, 0.717) is 43.4 Å². The maximum Gasteiger partial charge on any atom is 0.422 e. The number of hydrogen-bond donors (Lipinski definition) is 2. The highest BCUT2D eigenvalue weighted by molar-refractivity contribution is 5.93. The van der Waals surface area contributed by atoms with Crippen molar-refractivity contribution in [2.24, 2.45) is 5.73 Å². The molecule has 1 aliphatic heterocycles. The number of amides is 1. The van der Waals surface area contributed by atoms with Crippen LogP contribution in [0.1, 0.15) is 6.92 Å². The minimum absolute atomic E-state index is 0.0349. The predicted molar refractivity (Wildman–Crippen MR) is 109 cm³/mol. The van der Waals surface area contributed by atoms with Crippen LogP contribution in [0.15, 0.2) is 48.1 Å². The Morgan fingerprint density at radius 3 is 2.44 bits per heavy atom. The van der Waals surface area contributed by atoms with Crippen LogP contribution < -0.4 is 20.7 Å². The average molecular weight is 454 g/mol. The number of nitrogens with zero attached hydrogens (tertiary/aromatic N) is 4. The van der Waals surface area contributed by atoms with E-state index in [-0.39, 0.29) is 23.3 Å². The third-order valence-electron chi connectivity index (χ3n) is 4.71. The van der Waals surface area contributed by atoms with Gasteiger partial charge in [-0.1, -0.05) is 0 Å². The van der Waals surface area contributed by atoms with E-state index < -0.39 is 12.8 Å². The number of ether oxygens (including phenoxy) is 1. The van der Waals surface area contributed by atoms with Crippen molar-refractivity contribution in [3.63, 3.8) is 0 Å². The van der Waals surface area contributed by atoms with Crippen LogP contribution in [0.2, 0.25) is 0 Å². The number of hydrogen-bond acceptors (Lipinski definition) is 7. The monoisotopic (exact) mass is 454 g/mol. The van der Waals surface area contributed by atoms with Crippen molar-refractivity contribution in [2.45, 2.75) is 13.1 Å². The second-order valence-electron chi connectivity index (χ2n) is 7.07. The summed E-state index contributed by atoms with van der Waals surface area (Å²) in [5, 5.41) is 2.97. The fourth-order valence-corrected chi connectivity index (χ4v) is 3.02. The van der Waals surface area contributed by atoms with Crippen molar-refractivity contribution >= 4 is 17.4 Å². The molecule has 0 unspecified atom stereocenters. The molecule has 0 atom stereocenters. The molecule has 12 heteroatoms. The van der Waals surface area contributed by atoms with Gasteiger partial charge in [-0.3, -0.25) is 4.79 Å². The molecule has 3 rings (SSSR count). The smallest absolute Gasteiger partial charge is 0.422 e. The lowest BCUT2D eigenvalue weighted by atomic mass is 10.2. The van der Waals surface area contributed by atoms with Gasteiger partial charge < -0.3 is 25.6 Å². The van der Waals surface area contributed by atoms with Gasteiger partial charge in [0.1, 0.15) is 23.7 Å². The summed E-state index contributed by atoms with van der Waals surface area (Å²) in [5.74, 6) is -0.502. The minimum atomic E-state index is -4.46. The summed E-state index contributed by atoms with van der Waals surface area (Å²) < 4.78 is 54.7. The lowest BCUT2D eigenvalue weighted by Gasteiger charge is -2.35. The lowest BCUT2D eigenvalue weighted by molar-refractivity contribution is -0.154. The number of piperazine rings is 1. The van der Waals surface area contributed by atoms with Gasteiger partial charge in [-0.2, -0.15) is 13.2 Å². The Morgan fingerprint density at radius 1 is 1.16 bits per heavy atom. The Bertz CT molecular complexity index is 973. The first-order chi connectivity index (χ1) is 15.1. The highest BCUT2D eigenvalue weighted by atomic mass is 19.4. The number of rotatable bonds is 6. The van der Waals surface area contributed by atoms with Gasteiger partial charge in [0.25, 0.3) is 5.91 Å². The zero-order valence-electron chi connectivity index (χ0n) is 17.2. The summed E-state index contributed by atoms with van der Waals surface area (Å²) in [5.41, 5.74) is 7.08. The molecule has 0 spiro atoms. The van der Waals surface area contributed by atoms with E-state index in [1.54, 1.807) is 11.8 Å². The first-order valence-corrected chi connectivity index (χ1v) is 9.67. The van der Waals surface area contributed by atoms with E-state index in [9.17, 15) is 22.4 Å². The average Bonchev–Trinajstić information content (AvgIpc) is 2.78. The first-order valence-electron chi connectivity index (χ1n) is 9.67. The second kappa shape index (κ2) is 9.71. The van der Waals surface area contributed by atoms with Crippen LogP contribution in [0.5, 0.6) is 5.88 Å². The number of allylic oxidation sites excluding steroid dienone is 1. The molecule has 1 amide bonds. The quantitative estimate of drug-likeness (QED) is 0.512. The van der Waals surface area contributed by atoms with Crippen LogP contribution >= 0.6 is 0 Å². The SMILES string of the molecule is C/C(Nc1ccc(F)cc1)=C(/N)C(=O)N1CCN(c2cc(OCC(F)(F)F)ncn2)CC1. The van der Waals surface area contributed by atoms with Crippen LogP contribution in [0, 0.1) is 5.82 Å². The van der Waals surface area contributed by atoms with E-state index in [4.69, 9.17) is 5.73 Å². The molecule has 32 heavy (non-hydrogen) atoms. The normalized spacial score (nSPS) is 15.3. The number of halogens is 4. The molecule has 1 fully saturated rings. The molecular weight excluding hydrogens is 432 g/mol. The molecule has 0 aliphatic carbocycles. The minimum Gasteiger partial charge on any atom is -0.468 e. The van der Waals surface area contributed by atoms with E-state index >= 15 is 0 Å². The van der Waals surface area contributed by atoms with E-state index in [0.717, 1.165) is 6.33 Å². The van der Waals surface area contributed by atoms with Crippen molar-refractivity contribution in [3.8, 4) is 5.88 Å². The van der Waals surface area contributed by atoms with Gasteiger partial charge in [-0.25, -0.2) is 14.4 Å². The topological polar surface area (TPSA) is 96.6 Å². The summed E-state index contributed by atoms with van der Waals surface area (Å²) >= 11 is 0. The van der Waals surface area contributed by atoms with Gasteiger partial charge in [0.15, 0.2) is 6.61 Å². The Balaban J connectivity index is 1.57. The van der Waals surface area contributed by atoms with Crippen molar-refractivity contribution < 1.29 is 27.1 Å². The number of aromatic nitrogens is 2. The first kappa shape index (κ1) is 23.1. The molecule has 1 aromatic carbocycles. The Labute approximate surface area is 181 Å². The highest BCUT2D eigenvalue weighted by Crippen LogP contribution is 2.21. The fraction of sp³-hybridized carbons (Fsp3) is 0.350. The maximum absolute atomic E-state index is 13.0. The number of alkyl halides is 3. The number of benzene rings is 1. The molecule has 8 nitrogen and oxygen atoms in total. The zero-order valence-corrected chi connectivity index (χ0v) is 17.2. The van der Waals surface area contributed by atoms with Crippen LogP contribution in [0.3, 0.4) is 0 Å². The third kappa shape index (κ3) is 6.22. The lowest BCUT2D eigenvalue weighted by Crippen LogP contribution is -2.50. The molecule has 3 N–H and O–H groups in total. The number of nitrogens with two attached hydrogens (primary N) is 1. The van der Waals surface area contributed by atoms with Crippen LogP contribution in [-0.2, 0) is 4.79 Å². The van der Waals surface area contributed by atoms with Gasteiger partial charge in [0.05, 0.1) is 0 Å². The molecule has 2 aromatic rings. The summed E-state index contributed by atoms with van der Waals surface area (Å²) in [7, 11) is 0. The number of nitrogens with one attached hydrogen (secondary N) is 1. The van der Waals surface area contributed by atoms with E-state index in [1.165, 1.54) is 30.3 Å². The van der Waals surface area contributed by atoms with Crippen LogP contribution in [0.25, 0.3) is 0 Å². The van der Waals surface area contributed by atoms with Crippen molar-refractivity contribution in [1.29, 1.82) is 0 Å². The zero-order chi connectivity index (χ0) is 23.3. The van der Waals surface area contributed by atoms with Gasteiger partial charge >= 0.3 is 6.18 Å². The third-order valence-corrected chi connectivity index (χ3v) is 4.71. The number of anilines is 2. The number of carbonyl (C=O) groups excluding carboxylic acids is 1. The van der Waals surface area contributed by atoms with Gasteiger partial charge in [0, 0.05) is 43.6 Å². The standard InChI is InChI=1S/C20H22F4N6O2/c1-13(28-15-4-2-14(21)3-5-15)18(25)19(31)30-8-6-29(7-9-30)16-10-17(27-12-26-16)32-11-20(22,23)24/h2-5,10,12,28H,6-9,11,25H2,1H3/b18-13-. The molecule has 1 saturated heterocycles. The Hall–Kier alpha value is -3.57. The van der Waals surface area contributed by atoms with E-state index in [2.05, 4.69) is 20.0 Å². The molecule has 172 valence electrons. The predicted octanol–water partition coefficient (Wildman–Crippen LogP) is 2.51. The van der Waals surface area contributed by atoms with Crippen LogP contribution in [0.4, 0.5) is 29.1 Å². The number of carbonyl (C=O) groups is 1. The van der Waals surface area contributed by atoms with Gasteiger partial charge in [-0.15, -0.1) is 0 Å². The van der Waals surface area contributed by atoms with Crippen molar-refractivity contribution in [1.82, 2.24) is 14.9 Å². The molecule has 1 aromatic heterocycles. The van der Waals surface area contributed by atoms with Crippen LogP contribution in [-0.4, -0.2) is 59.7 Å². The van der Waals surface area contributed by atoms with Crippen molar-refractivity contribution in [2.75, 3.05) is 43.0 Å².